The number of nitrogens with zero attached hydrogens (tertiary/aromatic N) is 2. The van der Waals surface area contributed by atoms with Crippen molar-refractivity contribution in [3.05, 3.63) is 57.6 Å². The number of carbonyl (C=O) groups is 3. The summed E-state index contributed by atoms with van der Waals surface area (Å²) in [6.07, 6.45) is 8.61. The van der Waals surface area contributed by atoms with E-state index >= 15 is 4.39 Å². The molecule has 0 bridgehead atoms. The average Bonchev–Trinajstić information content (AvgIpc) is 3.28. The molecule has 2 aromatic rings. The Balaban J connectivity index is 0.000000284. The number of anilines is 1. The Hall–Kier alpha value is -2.63. The summed E-state index contributed by atoms with van der Waals surface area (Å²) in [4.78, 5) is 41.5. The molecule has 1 spiro atoms. The molecule has 270 valence electrons. The Morgan fingerprint density at radius 2 is 1.76 bits per heavy atom. The summed E-state index contributed by atoms with van der Waals surface area (Å²) >= 11 is 12.3. The number of piperidine rings is 1. The average molecular weight is 721 g/mol. The lowest BCUT2D eigenvalue weighted by molar-refractivity contribution is -0.156. The van der Waals surface area contributed by atoms with Crippen molar-refractivity contribution in [2.24, 2.45) is 5.41 Å². The number of likely N-dealkylation sites (tertiary alicyclic amines) is 1. The van der Waals surface area contributed by atoms with Gasteiger partial charge in [-0.15, -0.1) is 0 Å². The van der Waals surface area contributed by atoms with E-state index in [4.69, 9.17) is 27.9 Å². The van der Waals surface area contributed by atoms with Crippen molar-refractivity contribution in [3.8, 4) is 0 Å². The van der Waals surface area contributed by atoms with E-state index in [0.29, 0.717) is 35.3 Å². The van der Waals surface area contributed by atoms with Gasteiger partial charge in [0.1, 0.15) is 11.9 Å². The summed E-state index contributed by atoms with van der Waals surface area (Å²) in [5, 5.41) is 9.90. The Kier molecular flexibility index (Phi) is 12.6. The molecule has 3 heterocycles. The highest BCUT2D eigenvalue weighted by Crippen LogP contribution is 2.61. The van der Waals surface area contributed by atoms with E-state index in [9.17, 15) is 14.4 Å². The van der Waals surface area contributed by atoms with E-state index in [1.54, 1.807) is 18.2 Å². The molecule has 0 radical (unpaired) electrons. The Bertz CT molecular complexity index is 1480. The van der Waals surface area contributed by atoms with Crippen LogP contribution in [0.5, 0.6) is 0 Å². The van der Waals surface area contributed by atoms with Crippen LogP contribution in [0.3, 0.4) is 0 Å². The number of aromatic nitrogens is 1. The predicted molar refractivity (Wildman–Crippen MR) is 193 cm³/mol. The zero-order chi connectivity index (χ0) is 36.2. The molecular weight excluding hydrogens is 668 g/mol. The zero-order valence-electron chi connectivity index (χ0n) is 29.8. The Morgan fingerprint density at radius 3 is 2.33 bits per heavy atom. The van der Waals surface area contributed by atoms with E-state index in [1.807, 2.05) is 33.9 Å². The van der Waals surface area contributed by atoms with Crippen LogP contribution in [0.2, 0.25) is 10.2 Å². The van der Waals surface area contributed by atoms with E-state index in [0.717, 1.165) is 63.5 Å². The number of benzene rings is 1. The standard InChI is InChI=1S/C25H28Cl2FN3O2.C12H24N2O2/c1-23(2)7-9-25(10-8-23)24(3,17-5-4-15(26)12-18(17)30-14-33)20(19(13-32)31-25)16-6-11-29-22(27)21(16)28;1-12(2,3)16-11(15)9-14-7-5-10(13-4)6-8-14/h4-6,11-14,19-20,31H,7-10H2,1-3H3,(H,30,33);10,13H,5-9H2,1-4H3/t19?,20-,24+;/m0./s1. The third-order valence-corrected chi connectivity index (χ3v) is 11.3. The van der Waals surface area contributed by atoms with Crippen molar-refractivity contribution in [2.75, 3.05) is 32.0 Å². The number of esters is 1. The summed E-state index contributed by atoms with van der Waals surface area (Å²) < 4.78 is 20.7. The molecule has 3 fully saturated rings. The van der Waals surface area contributed by atoms with Crippen LogP contribution < -0.4 is 16.0 Å². The summed E-state index contributed by atoms with van der Waals surface area (Å²) in [6, 6.07) is 6.88. The molecule has 9 nitrogen and oxygen atoms in total. The van der Waals surface area contributed by atoms with Gasteiger partial charge in [-0.25, -0.2) is 9.37 Å². The number of carbonyl (C=O) groups excluding carboxylic acids is 3. The minimum atomic E-state index is -0.767. The normalized spacial score (nSPS) is 25.3. The van der Waals surface area contributed by atoms with Crippen molar-refractivity contribution in [3.63, 3.8) is 0 Å². The molecule has 49 heavy (non-hydrogen) atoms. The summed E-state index contributed by atoms with van der Waals surface area (Å²) in [5.74, 6) is -1.32. The Morgan fingerprint density at radius 1 is 1.10 bits per heavy atom. The van der Waals surface area contributed by atoms with Gasteiger partial charge in [0.25, 0.3) is 0 Å². The number of halogens is 3. The van der Waals surface area contributed by atoms with Gasteiger partial charge in [0.2, 0.25) is 6.41 Å². The molecule has 3 aliphatic rings. The summed E-state index contributed by atoms with van der Waals surface area (Å²) in [5.41, 5.74) is 0.190. The predicted octanol–water partition coefficient (Wildman–Crippen LogP) is 6.66. The number of amides is 1. The number of pyridine rings is 1. The van der Waals surface area contributed by atoms with Gasteiger partial charge in [-0.05, 0) is 101 Å². The number of hydrogen-bond donors (Lipinski definition) is 3. The van der Waals surface area contributed by atoms with Gasteiger partial charge < -0.3 is 25.5 Å². The number of aldehydes is 1. The first-order valence-corrected chi connectivity index (χ1v) is 17.9. The van der Waals surface area contributed by atoms with Crippen LogP contribution in [0, 0.1) is 11.2 Å². The van der Waals surface area contributed by atoms with Crippen LogP contribution in [0.25, 0.3) is 0 Å². The monoisotopic (exact) mass is 719 g/mol. The van der Waals surface area contributed by atoms with Crippen molar-refractivity contribution in [2.45, 2.75) is 115 Å². The SMILES string of the molecule is CC1(C)CCC2(CC1)NC(C=O)[C@H](c1ccnc(Cl)c1F)[C@@]2(C)c1ccc(Cl)cc1NC=O.CNC1CCN(CC(=O)OC(C)(C)C)CC1. The number of ether oxygens (including phenoxy) is 1. The number of nitrogens with one attached hydrogen (secondary N) is 3. The molecule has 12 heteroatoms. The van der Waals surface area contributed by atoms with Crippen LogP contribution in [0.1, 0.15) is 97.1 Å². The first-order valence-electron chi connectivity index (χ1n) is 17.1. The van der Waals surface area contributed by atoms with Crippen LogP contribution in [0.4, 0.5) is 10.1 Å². The van der Waals surface area contributed by atoms with Gasteiger partial charge in [0.05, 0.1) is 12.6 Å². The lowest BCUT2D eigenvalue weighted by atomic mass is 9.54. The van der Waals surface area contributed by atoms with E-state index < -0.39 is 28.7 Å². The van der Waals surface area contributed by atoms with Crippen LogP contribution in [-0.4, -0.2) is 78.5 Å². The molecule has 5 rings (SSSR count). The zero-order valence-corrected chi connectivity index (χ0v) is 31.3. The smallest absolute Gasteiger partial charge is 0.320 e. The maximum absolute atomic E-state index is 15.4. The fraction of sp³-hybridized carbons (Fsp3) is 0.622. The molecule has 2 aliphatic heterocycles. The molecule has 2 saturated heterocycles. The highest BCUT2D eigenvalue weighted by Gasteiger charge is 2.64. The molecule has 1 aromatic heterocycles. The van der Waals surface area contributed by atoms with Crippen molar-refractivity contribution >= 4 is 47.6 Å². The maximum Gasteiger partial charge on any atom is 0.320 e. The first-order chi connectivity index (χ1) is 23.0. The van der Waals surface area contributed by atoms with Gasteiger partial charge in [-0.3, -0.25) is 14.5 Å². The van der Waals surface area contributed by atoms with Gasteiger partial charge in [-0.2, -0.15) is 0 Å². The van der Waals surface area contributed by atoms with Crippen LogP contribution in [-0.2, 0) is 24.5 Å². The minimum Gasteiger partial charge on any atom is -0.459 e. The van der Waals surface area contributed by atoms with Crippen molar-refractivity contribution in [1.29, 1.82) is 0 Å². The molecule has 3 atom stereocenters. The number of rotatable bonds is 8. The van der Waals surface area contributed by atoms with E-state index in [2.05, 4.69) is 46.6 Å². The van der Waals surface area contributed by atoms with Gasteiger partial charge in [0.15, 0.2) is 11.0 Å². The second-order valence-corrected chi connectivity index (χ2v) is 16.4. The summed E-state index contributed by atoms with van der Waals surface area (Å²) in [6.45, 7) is 14.6. The van der Waals surface area contributed by atoms with E-state index in [1.165, 1.54) is 6.20 Å². The highest BCUT2D eigenvalue weighted by molar-refractivity contribution is 6.31. The second-order valence-electron chi connectivity index (χ2n) is 15.6. The Labute approximate surface area is 300 Å². The number of hydrogen-bond acceptors (Lipinski definition) is 8. The quantitative estimate of drug-likeness (QED) is 0.158. The van der Waals surface area contributed by atoms with Crippen LogP contribution >= 0.6 is 23.2 Å². The molecule has 3 N–H and O–H groups in total. The fourth-order valence-corrected chi connectivity index (χ4v) is 8.37. The highest BCUT2D eigenvalue weighted by atomic mass is 35.5. The van der Waals surface area contributed by atoms with Crippen LogP contribution in [0.15, 0.2) is 30.5 Å². The second kappa shape index (κ2) is 15.7. The van der Waals surface area contributed by atoms with Gasteiger partial charge in [-0.1, -0.05) is 50.0 Å². The molecule has 1 unspecified atom stereocenters. The van der Waals surface area contributed by atoms with Gasteiger partial charge >= 0.3 is 5.97 Å². The minimum absolute atomic E-state index is 0.115. The lowest BCUT2D eigenvalue weighted by Gasteiger charge is -2.52. The molecule has 1 saturated carbocycles. The largest absolute Gasteiger partial charge is 0.459 e. The van der Waals surface area contributed by atoms with Gasteiger partial charge in [0, 0.05) is 52.9 Å². The fourth-order valence-electron chi connectivity index (χ4n) is 8.03. The summed E-state index contributed by atoms with van der Waals surface area (Å²) in [7, 11) is 1.99. The molecular formula is C37H52Cl2FN5O4. The third kappa shape index (κ3) is 8.82. The molecule has 1 amide bonds. The molecule has 1 aromatic carbocycles. The topological polar surface area (TPSA) is 113 Å². The molecule has 1 aliphatic carbocycles. The van der Waals surface area contributed by atoms with Crippen molar-refractivity contribution < 1.29 is 23.5 Å². The van der Waals surface area contributed by atoms with Crippen molar-refractivity contribution in [1.82, 2.24) is 20.5 Å². The maximum atomic E-state index is 15.4. The third-order valence-electron chi connectivity index (χ3n) is 10.8. The lowest BCUT2D eigenvalue weighted by Crippen LogP contribution is -2.57. The van der Waals surface area contributed by atoms with E-state index in [-0.39, 0.29) is 22.1 Å². The first kappa shape index (κ1) is 39.2.